The second-order valence-corrected chi connectivity index (χ2v) is 7.70. The maximum absolute atomic E-state index is 12.0. The zero-order valence-corrected chi connectivity index (χ0v) is 15.5. The molecule has 2 rings (SSSR count). The van der Waals surface area contributed by atoms with E-state index in [1.165, 1.54) is 5.69 Å². The molecule has 0 spiro atoms. The van der Waals surface area contributed by atoms with Gasteiger partial charge in [-0.15, -0.1) is 0 Å². The average molecular weight is 336 g/mol. The summed E-state index contributed by atoms with van der Waals surface area (Å²) in [5.41, 5.74) is 2.43. The molecule has 0 radical (unpaired) electrons. The normalized spacial score (nSPS) is 18.5. The number of hydrogen-bond acceptors (Lipinski definition) is 4. The fourth-order valence-electron chi connectivity index (χ4n) is 2.77. The summed E-state index contributed by atoms with van der Waals surface area (Å²) in [5, 5.41) is 3.46. The highest BCUT2D eigenvalue weighted by atomic mass is 32.2. The minimum atomic E-state index is 0.0538. The van der Waals surface area contributed by atoms with Crippen LogP contribution in [-0.2, 0) is 4.79 Å². The van der Waals surface area contributed by atoms with E-state index in [4.69, 9.17) is 0 Å². The number of nitrogens with zero attached hydrogens (tertiary/aromatic N) is 2. The molecule has 2 unspecified atom stereocenters. The van der Waals surface area contributed by atoms with E-state index in [0.29, 0.717) is 11.7 Å². The van der Waals surface area contributed by atoms with Crippen LogP contribution in [0.2, 0.25) is 0 Å². The lowest BCUT2D eigenvalue weighted by molar-refractivity contribution is -0.121. The van der Waals surface area contributed by atoms with Gasteiger partial charge in [-0.3, -0.25) is 4.79 Å². The van der Waals surface area contributed by atoms with E-state index in [-0.39, 0.29) is 11.9 Å². The number of anilines is 1. The van der Waals surface area contributed by atoms with E-state index in [9.17, 15) is 4.79 Å². The van der Waals surface area contributed by atoms with Crippen LogP contribution in [0.15, 0.2) is 24.3 Å². The number of piperazine rings is 1. The summed E-state index contributed by atoms with van der Waals surface area (Å²) in [6.45, 7) is 8.51. The highest BCUT2D eigenvalue weighted by Crippen LogP contribution is 2.20. The number of carbonyl (C=O) groups is 1. The molecule has 1 heterocycles. The Bertz CT molecular complexity index is 497. The molecular weight excluding hydrogens is 306 g/mol. The molecule has 1 aromatic rings. The number of thioether (sulfide) groups is 1. The van der Waals surface area contributed by atoms with Crippen LogP contribution in [0.3, 0.4) is 0 Å². The Balaban J connectivity index is 1.89. The van der Waals surface area contributed by atoms with Gasteiger partial charge in [0.25, 0.3) is 0 Å². The van der Waals surface area contributed by atoms with Crippen molar-refractivity contribution in [3.05, 3.63) is 29.8 Å². The number of rotatable bonds is 6. The van der Waals surface area contributed by atoms with E-state index >= 15 is 0 Å². The number of hydrogen-bond donors (Lipinski definition) is 1. The van der Waals surface area contributed by atoms with E-state index in [1.54, 1.807) is 11.8 Å². The van der Waals surface area contributed by atoms with Crippen LogP contribution in [0.1, 0.15) is 31.9 Å². The van der Waals surface area contributed by atoms with Gasteiger partial charge in [-0.05, 0) is 37.9 Å². The highest BCUT2D eigenvalue weighted by Gasteiger charge is 2.15. The summed E-state index contributed by atoms with van der Waals surface area (Å²) in [6, 6.07) is 8.67. The fourth-order valence-corrected chi connectivity index (χ4v) is 3.08. The Labute approximate surface area is 144 Å². The van der Waals surface area contributed by atoms with Crippen molar-refractivity contribution < 1.29 is 4.79 Å². The Kier molecular flexibility index (Phi) is 6.78. The van der Waals surface area contributed by atoms with Crippen LogP contribution in [0, 0.1) is 0 Å². The molecule has 5 heteroatoms. The van der Waals surface area contributed by atoms with Crippen LogP contribution in [0.5, 0.6) is 0 Å². The summed E-state index contributed by atoms with van der Waals surface area (Å²) in [5.74, 6) is 0.127. The molecule has 0 saturated carbocycles. The third-order valence-corrected chi connectivity index (χ3v) is 5.49. The van der Waals surface area contributed by atoms with Gasteiger partial charge in [0, 0.05) is 43.5 Å². The molecular formula is C18H29N3OS. The van der Waals surface area contributed by atoms with Crippen molar-refractivity contribution in [3.8, 4) is 0 Å². The monoisotopic (exact) mass is 335 g/mol. The van der Waals surface area contributed by atoms with Gasteiger partial charge in [0.05, 0.1) is 6.04 Å². The number of nitrogens with one attached hydrogen (secondary N) is 1. The van der Waals surface area contributed by atoms with Crippen molar-refractivity contribution in [1.29, 1.82) is 0 Å². The Hall–Kier alpha value is -1.20. The lowest BCUT2D eigenvalue weighted by Crippen LogP contribution is -2.44. The summed E-state index contributed by atoms with van der Waals surface area (Å²) >= 11 is 1.72. The molecule has 1 amide bonds. The van der Waals surface area contributed by atoms with E-state index in [1.807, 2.05) is 13.2 Å². The predicted octanol–water partition coefficient (Wildman–Crippen LogP) is 2.76. The first kappa shape index (κ1) is 18.1. The summed E-state index contributed by atoms with van der Waals surface area (Å²) in [4.78, 5) is 16.8. The molecule has 0 aliphatic carbocycles. The van der Waals surface area contributed by atoms with Crippen LogP contribution in [0.25, 0.3) is 0 Å². The third kappa shape index (κ3) is 5.43. The third-order valence-electron chi connectivity index (χ3n) is 4.51. The molecule has 1 aliphatic heterocycles. The summed E-state index contributed by atoms with van der Waals surface area (Å²) in [7, 11) is 2.17. The van der Waals surface area contributed by atoms with Gasteiger partial charge in [-0.1, -0.05) is 19.1 Å². The van der Waals surface area contributed by atoms with Crippen molar-refractivity contribution in [2.75, 3.05) is 44.4 Å². The van der Waals surface area contributed by atoms with Crippen LogP contribution in [-0.4, -0.2) is 55.5 Å². The maximum Gasteiger partial charge on any atom is 0.221 e. The quantitative estimate of drug-likeness (QED) is 0.867. The molecule has 0 aromatic heterocycles. The summed E-state index contributed by atoms with van der Waals surface area (Å²) in [6.07, 6.45) is 2.61. The Morgan fingerprint density at radius 3 is 2.35 bits per heavy atom. The molecule has 23 heavy (non-hydrogen) atoms. The maximum atomic E-state index is 12.0. The second kappa shape index (κ2) is 8.60. The number of carbonyl (C=O) groups excluding carboxylic acids is 1. The second-order valence-electron chi connectivity index (χ2n) is 6.42. The number of amides is 1. The Morgan fingerprint density at radius 2 is 1.78 bits per heavy atom. The molecule has 1 fully saturated rings. The summed E-state index contributed by atoms with van der Waals surface area (Å²) < 4.78 is 0. The fraction of sp³-hybridized carbons (Fsp3) is 0.611. The van der Waals surface area contributed by atoms with Crippen LogP contribution < -0.4 is 10.2 Å². The first-order valence-corrected chi connectivity index (χ1v) is 9.64. The average Bonchev–Trinajstić information content (AvgIpc) is 2.55. The van der Waals surface area contributed by atoms with Crippen molar-refractivity contribution in [2.45, 2.75) is 31.6 Å². The van der Waals surface area contributed by atoms with Crippen LogP contribution in [0.4, 0.5) is 5.69 Å². The van der Waals surface area contributed by atoms with Gasteiger partial charge < -0.3 is 15.1 Å². The van der Waals surface area contributed by atoms with E-state index < -0.39 is 0 Å². The number of likely N-dealkylation sites (N-methyl/N-ethyl adjacent to an activating group) is 1. The van der Waals surface area contributed by atoms with Gasteiger partial charge in [-0.25, -0.2) is 0 Å². The first-order chi connectivity index (χ1) is 11.0. The standard InChI is InChI=1S/C18H29N3OS/c1-14(23-4)13-18(22)19-15(2)16-5-7-17(8-6-16)21-11-9-20(3)10-12-21/h5-8,14-15H,9-13H2,1-4H3,(H,19,22). The Morgan fingerprint density at radius 1 is 1.17 bits per heavy atom. The topological polar surface area (TPSA) is 35.6 Å². The molecule has 2 atom stereocenters. The molecule has 1 N–H and O–H groups in total. The van der Waals surface area contributed by atoms with Gasteiger partial charge in [0.1, 0.15) is 0 Å². The largest absolute Gasteiger partial charge is 0.369 e. The molecule has 1 aliphatic rings. The SMILES string of the molecule is CSC(C)CC(=O)NC(C)c1ccc(N2CCN(C)CC2)cc1. The lowest BCUT2D eigenvalue weighted by atomic mass is 10.1. The van der Waals surface area contributed by atoms with Crippen molar-refractivity contribution in [2.24, 2.45) is 0 Å². The first-order valence-electron chi connectivity index (χ1n) is 8.35. The predicted molar refractivity (Wildman–Crippen MR) is 100 cm³/mol. The van der Waals surface area contributed by atoms with Crippen molar-refractivity contribution in [1.82, 2.24) is 10.2 Å². The highest BCUT2D eigenvalue weighted by molar-refractivity contribution is 7.99. The van der Waals surface area contributed by atoms with Gasteiger partial charge >= 0.3 is 0 Å². The van der Waals surface area contributed by atoms with Crippen molar-refractivity contribution >= 4 is 23.4 Å². The smallest absolute Gasteiger partial charge is 0.221 e. The lowest BCUT2D eigenvalue weighted by Gasteiger charge is -2.34. The zero-order valence-electron chi connectivity index (χ0n) is 14.7. The minimum Gasteiger partial charge on any atom is -0.369 e. The van der Waals surface area contributed by atoms with Gasteiger partial charge in [-0.2, -0.15) is 11.8 Å². The molecule has 0 bridgehead atoms. The van der Waals surface area contributed by atoms with E-state index in [2.05, 4.69) is 53.4 Å². The minimum absolute atomic E-state index is 0.0538. The molecule has 1 saturated heterocycles. The molecule has 128 valence electrons. The molecule has 4 nitrogen and oxygen atoms in total. The van der Waals surface area contributed by atoms with Gasteiger partial charge in [0.15, 0.2) is 0 Å². The number of benzene rings is 1. The molecule has 1 aromatic carbocycles. The van der Waals surface area contributed by atoms with Crippen molar-refractivity contribution in [3.63, 3.8) is 0 Å². The van der Waals surface area contributed by atoms with E-state index in [0.717, 1.165) is 31.7 Å². The zero-order chi connectivity index (χ0) is 16.8. The van der Waals surface area contributed by atoms with Gasteiger partial charge in [0.2, 0.25) is 5.91 Å². The van der Waals surface area contributed by atoms with Crippen LogP contribution >= 0.6 is 11.8 Å².